The summed E-state index contributed by atoms with van der Waals surface area (Å²) in [5.74, 6) is 2.57. The molecular formula is C13H26N2O. The lowest BCUT2D eigenvalue weighted by Gasteiger charge is -2.26. The van der Waals surface area contributed by atoms with Gasteiger partial charge in [-0.1, -0.05) is 13.8 Å². The maximum atomic E-state index is 9.87. The highest BCUT2D eigenvalue weighted by Crippen LogP contribution is 2.38. The standard InChI is InChI=1S/C13H26N2O/c1-9(2)11(5-14)7-15-6-10-3-4-13(16)12(10)8-15/h9-13,16H,3-8,14H2,1-2H3. The number of hydrogen-bond donors (Lipinski definition) is 2. The van der Waals surface area contributed by atoms with Crippen LogP contribution in [-0.2, 0) is 0 Å². The topological polar surface area (TPSA) is 49.5 Å². The molecule has 94 valence electrons. The first-order valence-corrected chi connectivity index (χ1v) is 6.72. The molecule has 3 heteroatoms. The van der Waals surface area contributed by atoms with Crippen molar-refractivity contribution in [3.63, 3.8) is 0 Å². The maximum absolute atomic E-state index is 9.87. The molecule has 1 aliphatic heterocycles. The smallest absolute Gasteiger partial charge is 0.0583 e. The summed E-state index contributed by atoms with van der Waals surface area (Å²) >= 11 is 0. The molecule has 0 amide bonds. The van der Waals surface area contributed by atoms with Gasteiger partial charge in [-0.3, -0.25) is 0 Å². The van der Waals surface area contributed by atoms with Crippen LogP contribution in [0.15, 0.2) is 0 Å². The average Bonchev–Trinajstić information content (AvgIpc) is 2.77. The number of likely N-dealkylation sites (tertiary alicyclic amines) is 1. The molecule has 4 atom stereocenters. The van der Waals surface area contributed by atoms with Gasteiger partial charge < -0.3 is 15.7 Å². The number of aliphatic hydroxyl groups excluding tert-OH is 1. The number of rotatable bonds is 4. The molecule has 0 aromatic rings. The van der Waals surface area contributed by atoms with Crippen molar-refractivity contribution in [2.75, 3.05) is 26.2 Å². The Hall–Kier alpha value is -0.120. The van der Waals surface area contributed by atoms with E-state index in [2.05, 4.69) is 18.7 Å². The summed E-state index contributed by atoms with van der Waals surface area (Å²) in [6.45, 7) is 8.69. The zero-order valence-corrected chi connectivity index (χ0v) is 10.6. The van der Waals surface area contributed by atoms with Crippen molar-refractivity contribution < 1.29 is 5.11 Å². The second kappa shape index (κ2) is 5.03. The van der Waals surface area contributed by atoms with Crippen molar-refractivity contribution in [3.8, 4) is 0 Å². The van der Waals surface area contributed by atoms with E-state index in [1.807, 2.05) is 0 Å². The molecule has 0 radical (unpaired) electrons. The lowest BCUT2D eigenvalue weighted by Crippen LogP contribution is -2.35. The van der Waals surface area contributed by atoms with Crippen LogP contribution in [0.4, 0.5) is 0 Å². The van der Waals surface area contributed by atoms with E-state index in [0.717, 1.165) is 32.0 Å². The lowest BCUT2D eigenvalue weighted by molar-refractivity contribution is 0.120. The van der Waals surface area contributed by atoms with Crippen LogP contribution in [0.3, 0.4) is 0 Å². The van der Waals surface area contributed by atoms with Crippen molar-refractivity contribution in [1.29, 1.82) is 0 Å². The van der Waals surface area contributed by atoms with Crippen LogP contribution in [-0.4, -0.2) is 42.3 Å². The van der Waals surface area contributed by atoms with Gasteiger partial charge in [-0.15, -0.1) is 0 Å². The van der Waals surface area contributed by atoms with Gasteiger partial charge >= 0.3 is 0 Å². The monoisotopic (exact) mass is 226 g/mol. The van der Waals surface area contributed by atoms with Crippen LogP contribution in [0.25, 0.3) is 0 Å². The van der Waals surface area contributed by atoms with E-state index in [4.69, 9.17) is 5.73 Å². The minimum Gasteiger partial charge on any atom is -0.393 e. The number of hydrogen-bond acceptors (Lipinski definition) is 3. The average molecular weight is 226 g/mol. The Morgan fingerprint density at radius 3 is 2.62 bits per heavy atom. The van der Waals surface area contributed by atoms with Crippen molar-refractivity contribution >= 4 is 0 Å². The molecule has 3 N–H and O–H groups in total. The highest BCUT2D eigenvalue weighted by Gasteiger charge is 2.41. The van der Waals surface area contributed by atoms with Crippen LogP contribution in [0.2, 0.25) is 0 Å². The van der Waals surface area contributed by atoms with Crippen LogP contribution in [0, 0.1) is 23.7 Å². The molecule has 16 heavy (non-hydrogen) atoms. The summed E-state index contributed by atoms with van der Waals surface area (Å²) < 4.78 is 0. The summed E-state index contributed by atoms with van der Waals surface area (Å²) in [4.78, 5) is 2.52. The Balaban J connectivity index is 1.85. The Morgan fingerprint density at radius 2 is 2.06 bits per heavy atom. The summed E-state index contributed by atoms with van der Waals surface area (Å²) in [6.07, 6.45) is 2.20. The van der Waals surface area contributed by atoms with Gasteiger partial charge in [-0.25, -0.2) is 0 Å². The highest BCUT2D eigenvalue weighted by atomic mass is 16.3. The summed E-state index contributed by atoms with van der Waals surface area (Å²) in [7, 11) is 0. The molecule has 2 aliphatic rings. The predicted molar refractivity (Wildman–Crippen MR) is 66.0 cm³/mol. The van der Waals surface area contributed by atoms with Crippen molar-refractivity contribution in [2.24, 2.45) is 29.4 Å². The quantitative estimate of drug-likeness (QED) is 0.749. The molecule has 2 fully saturated rings. The Bertz CT molecular complexity index is 232. The lowest BCUT2D eigenvalue weighted by atomic mass is 9.95. The molecule has 2 rings (SSSR count). The minimum absolute atomic E-state index is 0.0367. The maximum Gasteiger partial charge on any atom is 0.0583 e. The molecule has 0 aromatic carbocycles. The fourth-order valence-electron chi connectivity index (χ4n) is 3.37. The third-order valence-corrected chi connectivity index (χ3v) is 4.63. The third kappa shape index (κ3) is 2.41. The van der Waals surface area contributed by atoms with Gasteiger partial charge in [0.25, 0.3) is 0 Å². The molecular weight excluding hydrogens is 200 g/mol. The van der Waals surface area contributed by atoms with Crippen molar-refractivity contribution in [3.05, 3.63) is 0 Å². The van der Waals surface area contributed by atoms with E-state index in [0.29, 0.717) is 17.8 Å². The van der Waals surface area contributed by atoms with E-state index in [1.165, 1.54) is 13.0 Å². The van der Waals surface area contributed by atoms with Crippen LogP contribution in [0.5, 0.6) is 0 Å². The number of nitrogens with zero attached hydrogens (tertiary/aromatic N) is 1. The van der Waals surface area contributed by atoms with Crippen molar-refractivity contribution in [1.82, 2.24) is 4.90 Å². The van der Waals surface area contributed by atoms with Gasteiger partial charge in [0.2, 0.25) is 0 Å². The second-order valence-corrected chi connectivity index (χ2v) is 6.03. The van der Waals surface area contributed by atoms with Gasteiger partial charge in [0.1, 0.15) is 0 Å². The predicted octanol–water partition coefficient (Wildman–Crippen LogP) is 0.920. The molecule has 0 bridgehead atoms. The Morgan fingerprint density at radius 1 is 1.31 bits per heavy atom. The van der Waals surface area contributed by atoms with Crippen molar-refractivity contribution in [2.45, 2.75) is 32.8 Å². The first-order valence-electron chi connectivity index (χ1n) is 6.72. The highest BCUT2D eigenvalue weighted by molar-refractivity contribution is 4.94. The summed E-state index contributed by atoms with van der Waals surface area (Å²) in [5, 5.41) is 9.87. The molecule has 1 aliphatic carbocycles. The molecule has 4 unspecified atom stereocenters. The second-order valence-electron chi connectivity index (χ2n) is 6.03. The largest absolute Gasteiger partial charge is 0.393 e. The van der Waals surface area contributed by atoms with Gasteiger partial charge in [0.05, 0.1) is 6.10 Å². The van der Waals surface area contributed by atoms with Crippen LogP contribution in [0.1, 0.15) is 26.7 Å². The van der Waals surface area contributed by atoms with Crippen LogP contribution >= 0.6 is 0 Å². The minimum atomic E-state index is -0.0367. The fourth-order valence-corrected chi connectivity index (χ4v) is 3.37. The number of aliphatic hydroxyl groups is 1. The Kier molecular flexibility index (Phi) is 3.88. The molecule has 0 spiro atoms. The zero-order valence-electron chi connectivity index (χ0n) is 10.6. The van der Waals surface area contributed by atoms with E-state index in [-0.39, 0.29) is 6.10 Å². The molecule has 3 nitrogen and oxygen atoms in total. The van der Waals surface area contributed by atoms with E-state index >= 15 is 0 Å². The molecule has 1 heterocycles. The fraction of sp³-hybridized carbons (Fsp3) is 1.00. The van der Waals surface area contributed by atoms with E-state index in [1.54, 1.807) is 0 Å². The van der Waals surface area contributed by atoms with E-state index in [9.17, 15) is 5.11 Å². The number of nitrogens with two attached hydrogens (primary N) is 1. The van der Waals surface area contributed by atoms with Gasteiger partial charge in [0.15, 0.2) is 0 Å². The SMILES string of the molecule is CC(C)C(CN)CN1CC2CCC(O)C2C1. The van der Waals surface area contributed by atoms with Gasteiger partial charge in [-0.2, -0.15) is 0 Å². The first kappa shape index (κ1) is 12.3. The normalized spacial score (nSPS) is 36.9. The van der Waals surface area contributed by atoms with Gasteiger partial charge in [0, 0.05) is 25.6 Å². The zero-order chi connectivity index (χ0) is 11.7. The summed E-state index contributed by atoms with van der Waals surface area (Å²) in [5.41, 5.74) is 5.82. The number of fused-ring (bicyclic) bond motifs is 1. The van der Waals surface area contributed by atoms with Gasteiger partial charge in [-0.05, 0) is 37.1 Å². The molecule has 0 aromatic heterocycles. The molecule has 1 saturated carbocycles. The molecule has 1 saturated heterocycles. The van der Waals surface area contributed by atoms with Crippen LogP contribution < -0.4 is 5.73 Å². The van der Waals surface area contributed by atoms with E-state index < -0.39 is 0 Å². The first-order chi connectivity index (χ1) is 7.61. The third-order valence-electron chi connectivity index (χ3n) is 4.63. The Labute approximate surface area is 99.0 Å². The summed E-state index contributed by atoms with van der Waals surface area (Å²) in [6, 6.07) is 0.